The second kappa shape index (κ2) is 7.66. The molecule has 2 aromatic carbocycles. The van der Waals surface area contributed by atoms with Crippen LogP contribution in [0.3, 0.4) is 0 Å². The van der Waals surface area contributed by atoms with Gasteiger partial charge in [-0.05, 0) is 35.9 Å². The van der Waals surface area contributed by atoms with Crippen LogP contribution in [-0.2, 0) is 16.6 Å². The lowest BCUT2D eigenvalue weighted by molar-refractivity contribution is 0.601. The number of hydrogen-bond acceptors (Lipinski definition) is 3. The van der Waals surface area contributed by atoms with E-state index in [0.717, 1.165) is 5.56 Å². The molecule has 0 unspecified atom stereocenters. The fraction of sp³-hybridized carbons (Fsp3) is 0.0625. The number of nitrogens with zero attached hydrogens (tertiary/aromatic N) is 2. The fourth-order valence-corrected chi connectivity index (χ4v) is 4.48. The molecule has 1 aromatic heterocycles. The zero-order valence-corrected chi connectivity index (χ0v) is 16.8. The molecule has 26 heavy (non-hydrogen) atoms. The molecule has 0 fully saturated rings. The van der Waals surface area contributed by atoms with E-state index in [0.29, 0.717) is 16.6 Å². The molecule has 0 aliphatic carbocycles. The molecule has 136 valence electrons. The summed E-state index contributed by atoms with van der Waals surface area (Å²) in [6.07, 6.45) is 2.93. The van der Waals surface area contributed by atoms with Crippen molar-refractivity contribution in [3.63, 3.8) is 0 Å². The van der Waals surface area contributed by atoms with Gasteiger partial charge >= 0.3 is 0 Å². The highest BCUT2D eigenvalue weighted by Crippen LogP contribution is 2.27. The molecule has 0 saturated heterocycles. The van der Waals surface area contributed by atoms with Crippen LogP contribution >= 0.6 is 46.4 Å². The molecule has 10 heteroatoms. The molecule has 0 bridgehead atoms. The average Bonchev–Trinajstić information content (AvgIpc) is 2.98. The number of sulfonamides is 1. The molecule has 0 aliphatic rings. The van der Waals surface area contributed by atoms with Crippen LogP contribution in [0.15, 0.2) is 53.7 Å². The third-order valence-electron chi connectivity index (χ3n) is 3.42. The van der Waals surface area contributed by atoms with Gasteiger partial charge in [-0.25, -0.2) is 8.42 Å². The van der Waals surface area contributed by atoms with Crippen molar-refractivity contribution < 1.29 is 8.42 Å². The minimum absolute atomic E-state index is 0.0715. The van der Waals surface area contributed by atoms with Crippen molar-refractivity contribution in [2.75, 3.05) is 4.72 Å². The van der Waals surface area contributed by atoms with Crippen LogP contribution < -0.4 is 4.72 Å². The van der Waals surface area contributed by atoms with Gasteiger partial charge in [-0.1, -0.05) is 52.5 Å². The van der Waals surface area contributed by atoms with Crippen LogP contribution in [-0.4, -0.2) is 18.2 Å². The van der Waals surface area contributed by atoms with Gasteiger partial charge in [0, 0.05) is 21.3 Å². The number of anilines is 1. The lowest BCUT2D eigenvalue weighted by Gasteiger charge is -2.08. The van der Waals surface area contributed by atoms with Crippen LogP contribution in [0.25, 0.3) is 0 Å². The Hall–Kier alpha value is -1.44. The van der Waals surface area contributed by atoms with E-state index in [1.807, 2.05) is 0 Å². The highest BCUT2D eigenvalue weighted by atomic mass is 35.5. The van der Waals surface area contributed by atoms with E-state index in [-0.39, 0.29) is 20.6 Å². The fourth-order valence-electron chi connectivity index (χ4n) is 2.22. The Balaban J connectivity index is 1.80. The molecule has 3 rings (SSSR count). The van der Waals surface area contributed by atoms with E-state index in [1.165, 1.54) is 24.4 Å². The van der Waals surface area contributed by atoms with Gasteiger partial charge in [0.2, 0.25) is 0 Å². The minimum Gasteiger partial charge on any atom is -0.276 e. The van der Waals surface area contributed by atoms with Gasteiger partial charge in [0.15, 0.2) is 0 Å². The molecule has 0 atom stereocenters. The topological polar surface area (TPSA) is 64.0 Å². The average molecular weight is 451 g/mol. The van der Waals surface area contributed by atoms with E-state index >= 15 is 0 Å². The Bertz CT molecular complexity index is 1070. The summed E-state index contributed by atoms with van der Waals surface area (Å²) < 4.78 is 29.0. The molecule has 0 amide bonds. The molecule has 0 saturated carbocycles. The predicted molar refractivity (Wildman–Crippen MR) is 105 cm³/mol. The van der Waals surface area contributed by atoms with Gasteiger partial charge in [-0.2, -0.15) is 5.10 Å². The molecule has 0 radical (unpaired) electrons. The molecule has 1 N–H and O–H groups in total. The van der Waals surface area contributed by atoms with Crippen LogP contribution in [0.5, 0.6) is 0 Å². The van der Waals surface area contributed by atoms with E-state index < -0.39 is 10.0 Å². The molecule has 5 nitrogen and oxygen atoms in total. The van der Waals surface area contributed by atoms with E-state index in [9.17, 15) is 8.42 Å². The Morgan fingerprint density at radius 1 is 0.962 bits per heavy atom. The largest absolute Gasteiger partial charge is 0.276 e. The van der Waals surface area contributed by atoms with Crippen molar-refractivity contribution in [1.29, 1.82) is 0 Å². The Kier molecular flexibility index (Phi) is 5.69. The van der Waals surface area contributed by atoms with Gasteiger partial charge in [-0.15, -0.1) is 0 Å². The molecule has 0 aliphatic heterocycles. The highest BCUT2D eigenvalue weighted by Gasteiger charge is 2.19. The first-order valence-electron chi connectivity index (χ1n) is 7.19. The number of rotatable bonds is 5. The van der Waals surface area contributed by atoms with Gasteiger partial charge < -0.3 is 0 Å². The monoisotopic (exact) mass is 449 g/mol. The Morgan fingerprint density at radius 2 is 1.65 bits per heavy atom. The van der Waals surface area contributed by atoms with Crippen LogP contribution in [0, 0.1) is 0 Å². The lowest BCUT2D eigenvalue weighted by atomic mass is 10.2. The van der Waals surface area contributed by atoms with Crippen molar-refractivity contribution in [2.45, 2.75) is 11.4 Å². The Morgan fingerprint density at radius 3 is 2.38 bits per heavy atom. The first-order chi connectivity index (χ1) is 12.2. The van der Waals surface area contributed by atoms with Gasteiger partial charge in [-0.3, -0.25) is 9.40 Å². The van der Waals surface area contributed by atoms with Crippen molar-refractivity contribution in [3.8, 4) is 0 Å². The summed E-state index contributed by atoms with van der Waals surface area (Å²) in [7, 11) is -3.90. The zero-order valence-electron chi connectivity index (χ0n) is 13.0. The third kappa shape index (κ3) is 4.45. The number of aromatic nitrogens is 2. The summed E-state index contributed by atoms with van der Waals surface area (Å²) >= 11 is 23.8. The quantitative estimate of drug-likeness (QED) is 0.570. The van der Waals surface area contributed by atoms with Crippen LogP contribution in [0.2, 0.25) is 20.1 Å². The predicted octanol–water partition coefficient (Wildman–Crippen LogP) is 5.35. The molecular weight excluding hydrogens is 440 g/mol. The molecular formula is C16H11Cl4N3O2S. The summed E-state index contributed by atoms with van der Waals surface area (Å²) in [5.74, 6) is 0. The van der Waals surface area contributed by atoms with Crippen LogP contribution in [0.4, 0.5) is 5.69 Å². The summed E-state index contributed by atoms with van der Waals surface area (Å²) in [4.78, 5) is -0.111. The maximum atomic E-state index is 12.5. The van der Waals surface area contributed by atoms with Gasteiger partial charge in [0.1, 0.15) is 4.90 Å². The van der Waals surface area contributed by atoms with Crippen LogP contribution in [0.1, 0.15) is 5.56 Å². The van der Waals surface area contributed by atoms with Crippen molar-refractivity contribution >= 4 is 62.1 Å². The van der Waals surface area contributed by atoms with Gasteiger partial charge in [0.05, 0.1) is 23.5 Å². The van der Waals surface area contributed by atoms with E-state index in [4.69, 9.17) is 46.4 Å². The minimum atomic E-state index is -3.90. The molecule has 0 spiro atoms. The zero-order chi connectivity index (χ0) is 18.9. The van der Waals surface area contributed by atoms with Gasteiger partial charge in [0.25, 0.3) is 10.0 Å². The third-order valence-corrected chi connectivity index (χ3v) is 6.10. The maximum absolute atomic E-state index is 12.5. The van der Waals surface area contributed by atoms with Crippen molar-refractivity contribution in [2.24, 2.45) is 0 Å². The first-order valence-corrected chi connectivity index (χ1v) is 10.2. The van der Waals surface area contributed by atoms with Crippen molar-refractivity contribution in [3.05, 3.63) is 74.4 Å². The standard InChI is InChI=1S/C16H11Cl4N3O2S/c17-11-2-1-10(15(20)5-11)8-23-9-13(7-21-23)22-26(24,25)16-6-12(18)3-4-14(16)19/h1-7,9,22H,8H2. The maximum Gasteiger partial charge on any atom is 0.263 e. The summed E-state index contributed by atoms with van der Waals surface area (Å²) in [5, 5.41) is 5.50. The molecule has 3 aromatic rings. The summed E-state index contributed by atoms with van der Waals surface area (Å²) in [5.41, 5.74) is 1.08. The normalized spacial score (nSPS) is 11.5. The summed E-state index contributed by atoms with van der Waals surface area (Å²) in [6.45, 7) is 0.357. The Labute approximate surface area is 170 Å². The number of benzene rings is 2. The number of nitrogens with one attached hydrogen (secondary N) is 1. The number of hydrogen-bond donors (Lipinski definition) is 1. The van der Waals surface area contributed by atoms with Crippen molar-refractivity contribution in [1.82, 2.24) is 9.78 Å². The van der Waals surface area contributed by atoms with E-state index in [1.54, 1.807) is 29.1 Å². The summed E-state index contributed by atoms with van der Waals surface area (Å²) in [6, 6.07) is 9.34. The second-order valence-corrected chi connectivity index (χ2v) is 8.68. The second-order valence-electron chi connectivity index (χ2n) is 5.34. The lowest BCUT2D eigenvalue weighted by Crippen LogP contribution is -2.13. The SMILES string of the molecule is O=S(=O)(Nc1cnn(Cc2ccc(Cl)cc2Cl)c1)c1cc(Cl)ccc1Cl. The number of halogens is 4. The smallest absolute Gasteiger partial charge is 0.263 e. The molecule has 1 heterocycles. The first kappa shape index (κ1) is 19.3. The van der Waals surface area contributed by atoms with E-state index in [2.05, 4.69) is 9.82 Å². The highest BCUT2D eigenvalue weighted by molar-refractivity contribution is 7.92.